The minimum Gasteiger partial charge on any atom is -0.508 e. The van der Waals surface area contributed by atoms with Gasteiger partial charge in [-0.3, -0.25) is 19.3 Å². The van der Waals surface area contributed by atoms with Gasteiger partial charge < -0.3 is 15.7 Å². The first-order valence-corrected chi connectivity index (χ1v) is 12.5. The molecule has 0 spiro atoms. The molecular weight excluding hydrogens is 546 g/mol. The molecule has 1 atom stereocenters. The van der Waals surface area contributed by atoms with Crippen molar-refractivity contribution in [2.24, 2.45) is 10.2 Å². The third-order valence-corrected chi connectivity index (χ3v) is 7.08. The predicted octanol–water partition coefficient (Wildman–Crippen LogP) is 4.34. The number of nitrogens with one attached hydrogen (secondary N) is 2. The molecule has 0 saturated carbocycles. The molecule has 3 N–H and O–H groups in total. The summed E-state index contributed by atoms with van der Waals surface area (Å²) in [5, 5.41) is 23.1. The van der Waals surface area contributed by atoms with Crippen LogP contribution in [-0.4, -0.2) is 39.0 Å². The van der Waals surface area contributed by atoms with Crippen LogP contribution in [0.5, 0.6) is 5.75 Å². The number of aromatic hydroxyl groups is 1. The van der Waals surface area contributed by atoms with E-state index in [1.165, 1.54) is 17.0 Å². The van der Waals surface area contributed by atoms with Gasteiger partial charge in [0.15, 0.2) is 10.9 Å². The number of amides is 3. The molecule has 2 aliphatic heterocycles. The van der Waals surface area contributed by atoms with E-state index >= 15 is 0 Å². The number of anilines is 3. The van der Waals surface area contributed by atoms with Gasteiger partial charge in [-0.25, -0.2) is 0 Å². The molecule has 36 heavy (non-hydrogen) atoms. The standard InChI is InChI=1S/C25H18BrN5O4S/c26-14-5-7-15(8-6-14)27-21(33)13-20-24(35)31(16-9-11-17(32)12-10-16)25(36-20)30-29-22-18-3-1-2-4-19(18)28-23(22)34/h1-12,20,32H,13H2,(H,27,33)(H,28,29,34). The average molecular weight is 564 g/mol. The highest BCUT2D eigenvalue weighted by atomic mass is 79.9. The van der Waals surface area contributed by atoms with Crippen molar-refractivity contribution >= 4 is 73.4 Å². The average Bonchev–Trinajstić information content (AvgIpc) is 3.35. The summed E-state index contributed by atoms with van der Waals surface area (Å²) >= 11 is 4.44. The summed E-state index contributed by atoms with van der Waals surface area (Å²) in [4.78, 5) is 39.8. The lowest BCUT2D eigenvalue weighted by Gasteiger charge is -2.16. The van der Waals surface area contributed by atoms with E-state index in [-0.39, 0.29) is 34.9 Å². The lowest BCUT2D eigenvalue weighted by Crippen LogP contribution is -2.33. The maximum atomic E-state index is 13.3. The highest BCUT2D eigenvalue weighted by molar-refractivity contribution is 9.10. The smallest absolute Gasteiger partial charge is 0.276 e. The summed E-state index contributed by atoms with van der Waals surface area (Å²) < 4.78 is 0.882. The molecule has 2 aliphatic rings. The molecule has 0 aromatic heterocycles. The minimum atomic E-state index is -0.752. The maximum Gasteiger partial charge on any atom is 0.276 e. The first-order valence-electron chi connectivity index (χ1n) is 10.8. The Morgan fingerprint density at radius 2 is 1.75 bits per heavy atom. The monoisotopic (exact) mass is 563 g/mol. The first-order chi connectivity index (χ1) is 17.4. The molecule has 0 radical (unpaired) electrons. The number of thioether (sulfide) groups is 1. The van der Waals surface area contributed by atoms with Gasteiger partial charge in [0.05, 0.1) is 11.4 Å². The second kappa shape index (κ2) is 9.96. The van der Waals surface area contributed by atoms with Crippen molar-refractivity contribution in [1.29, 1.82) is 0 Å². The Bertz CT molecular complexity index is 1420. The van der Waals surface area contributed by atoms with Gasteiger partial charge >= 0.3 is 0 Å². The number of hydrogen-bond donors (Lipinski definition) is 3. The Balaban J connectivity index is 1.42. The number of halogens is 1. The van der Waals surface area contributed by atoms with Crippen LogP contribution < -0.4 is 15.5 Å². The molecule has 11 heteroatoms. The van der Waals surface area contributed by atoms with Crippen molar-refractivity contribution in [2.75, 3.05) is 15.5 Å². The molecule has 2 heterocycles. The third-order valence-electron chi connectivity index (χ3n) is 5.42. The number of para-hydroxylation sites is 1. The third kappa shape index (κ3) is 4.88. The molecule has 3 amide bonds. The second-order valence-corrected chi connectivity index (χ2v) is 9.97. The molecule has 3 aromatic rings. The fraction of sp³-hybridized carbons (Fsp3) is 0.0800. The summed E-state index contributed by atoms with van der Waals surface area (Å²) in [5.41, 5.74) is 2.45. The van der Waals surface area contributed by atoms with Crippen LogP contribution in [0.4, 0.5) is 17.1 Å². The highest BCUT2D eigenvalue weighted by Gasteiger charge is 2.40. The molecule has 3 aromatic carbocycles. The first kappa shape index (κ1) is 23.8. The molecule has 1 saturated heterocycles. The van der Waals surface area contributed by atoms with Crippen LogP contribution in [0.1, 0.15) is 12.0 Å². The lowest BCUT2D eigenvalue weighted by atomic mass is 10.1. The molecular formula is C25H18BrN5O4S. The predicted molar refractivity (Wildman–Crippen MR) is 143 cm³/mol. The largest absolute Gasteiger partial charge is 0.508 e. The molecule has 9 nitrogen and oxygen atoms in total. The molecule has 1 unspecified atom stereocenters. The van der Waals surface area contributed by atoms with E-state index in [2.05, 4.69) is 36.8 Å². The molecule has 0 bridgehead atoms. The molecule has 5 rings (SSSR count). The van der Waals surface area contributed by atoms with Gasteiger partial charge in [-0.2, -0.15) is 0 Å². The number of benzene rings is 3. The number of rotatable bonds is 5. The van der Waals surface area contributed by atoms with Crippen LogP contribution in [-0.2, 0) is 14.4 Å². The van der Waals surface area contributed by atoms with E-state index in [4.69, 9.17) is 0 Å². The summed E-state index contributed by atoms with van der Waals surface area (Å²) in [6.07, 6.45) is -0.0902. The Kier molecular flexibility index (Phi) is 6.57. The maximum absolute atomic E-state index is 13.3. The molecule has 0 aliphatic carbocycles. The fourth-order valence-corrected chi connectivity index (χ4v) is 5.06. The molecule has 1 fully saturated rings. The lowest BCUT2D eigenvalue weighted by molar-refractivity contribution is -0.121. The Morgan fingerprint density at radius 1 is 1.03 bits per heavy atom. The van der Waals surface area contributed by atoms with Crippen molar-refractivity contribution in [3.05, 3.63) is 82.8 Å². The van der Waals surface area contributed by atoms with Crippen LogP contribution in [0, 0.1) is 0 Å². The number of phenols is 1. The van der Waals surface area contributed by atoms with E-state index in [1.807, 2.05) is 0 Å². The Hall–Kier alpha value is -3.96. The van der Waals surface area contributed by atoms with Gasteiger partial charge in [-0.1, -0.05) is 45.9 Å². The van der Waals surface area contributed by atoms with Gasteiger partial charge in [0.2, 0.25) is 11.8 Å². The van der Waals surface area contributed by atoms with E-state index in [9.17, 15) is 19.5 Å². The topological polar surface area (TPSA) is 123 Å². The number of nitrogens with zero attached hydrogens (tertiary/aromatic N) is 3. The van der Waals surface area contributed by atoms with Crippen LogP contribution in [0.15, 0.2) is 87.5 Å². The van der Waals surface area contributed by atoms with Crippen molar-refractivity contribution in [3.8, 4) is 5.75 Å². The van der Waals surface area contributed by atoms with E-state index in [1.54, 1.807) is 60.7 Å². The number of phenolic OH excluding ortho intramolecular Hbond substituents is 1. The number of carbonyl (C=O) groups excluding carboxylic acids is 3. The highest BCUT2D eigenvalue weighted by Crippen LogP contribution is 2.35. The van der Waals surface area contributed by atoms with Gasteiger partial charge in [-0.05, 0) is 54.6 Å². The van der Waals surface area contributed by atoms with E-state index in [0.717, 1.165) is 16.2 Å². The van der Waals surface area contributed by atoms with E-state index in [0.29, 0.717) is 22.6 Å². The van der Waals surface area contributed by atoms with Crippen molar-refractivity contribution in [3.63, 3.8) is 0 Å². The number of carbonyl (C=O) groups is 3. The van der Waals surface area contributed by atoms with Crippen molar-refractivity contribution < 1.29 is 19.5 Å². The van der Waals surface area contributed by atoms with Crippen molar-refractivity contribution in [2.45, 2.75) is 11.7 Å². The van der Waals surface area contributed by atoms with Gasteiger partial charge in [0.25, 0.3) is 5.91 Å². The zero-order chi connectivity index (χ0) is 25.2. The molecule has 180 valence electrons. The summed E-state index contributed by atoms with van der Waals surface area (Å²) in [7, 11) is 0. The van der Waals surface area contributed by atoms with Crippen LogP contribution in [0.2, 0.25) is 0 Å². The van der Waals surface area contributed by atoms with Crippen molar-refractivity contribution in [1.82, 2.24) is 0 Å². The second-order valence-electron chi connectivity index (χ2n) is 7.89. The van der Waals surface area contributed by atoms with Gasteiger partial charge in [0, 0.05) is 22.1 Å². The normalized spacial score (nSPS) is 19.0. The Morgan fingerprint density at radius 3 is 2.50 bits per heavy atom. The SMILES string of the molecule is O=C(CC1SC(=N/N=C2\C(=O)Nc3ccccc32)N(c2ccc(O)cc2)C1=O)Nc1ccc(Br)cc1. The minimum absolute atomic E-state index is 0.0430. The number of amidine groups is 1. The summed E-state index contributed by atoms with van der Waals surface area (Å²) in [5.74, 6) is -1.03. The number of hydrogen-bond acceptors (Lipinski definition) is 7. The Labute approximate surface area is 218 Å². The van der Waals surface area contributed by atoms with Gasteiger partial charge in [-0.15, -0.1) is 10.2 Å². The quantitative estimate of drug-likeness (QED) is 0.398. The van der Waals surface area contributed by atoms with Crippen LogP contribution in [0.25, 0.3) is 0 Å². The zero-order valence-corrected chi connectivity index (χ0v) is 20.9. The van der Waals surface area contributed by atoms with Crippen LogP contribution in [0.3, 0.4) is 0 Å². The summed E-state index contributed by atoms with van der Waals surface area (Å²) in [6, 6.07) is 20.3. The van der Waals surface area contributed by atoms with Gasteiger partial charge in [0.1, 0.15) is 11.0 Å². The zero-order valence-electron chi connectivity index (χ0n) is 18.5. The van der Waals surface area contributed by atoms with Crippen LogP contribution >= 0.6 is 27.7 Å². The van der Waals surface area contributed by atoms with E-state index < -0.39 is 11.2 Å². The number of fused-ring (bicyclic) bond motifs is 1. The summed E-state index contributed by atoms with van der Waals surface area (Å²) in [6.45, 7) is 0. The fourth-order valence-electron chi connectivity index (χ4n) is 3.71.